The predicted molar refractivity (Wildman–Crippen MR) is 99.8 cm³/mol. The highest BCUT2D eigenvalue weighted by Crippen LogP contribution is 2.20. The molecule has 1 unspecified atom stereocenters. The molecule has 2 rings (SSSR count). The van der Waals surface area contributed by atoms with Gasteiger partial charge in [-0.3, -0.25) is 4.79 Å². The second-order valence-corrected chi connectivity index (χ2v) is 8.49. The molecule has 7 heteroatoms. The molecule has 0 heterocycles. The van der Waals surface area contributed by atoms with Crippen LogP contribution in [0.25, 0.3) is 0 Å². The number of carbonyl (C=O) groups excluding carboxylic acids is 1. The number of rotatable bonds is 6. The third-order valence-electron chi connectivity index (χ3n) is 3.86. The van der Waals surface area contributed by atoms with Gasteiger partial charge in [0.15, 0.2) is 9.84 Å². The second-order valence-electron chi connectivity index (χ2n) is 6.04. The topological polar surface area (TPSA) is 66.5 Å². The van der Waals surface area contributed by atoms with Crippen molar-refractivity contribution in [2.24, 2.45) is 0 Å². The summed E-state index contributed by atoms with van der Waals surface area (Å²) in [5, 5.41) is 3.52. The van der Waals surface area contributed by atoms with Crippen molar-refractivity contribution < 1.29 is 13.2 Å². The molecule has 2 aromatic carbocycles. The largest absolute Gasteiger partial charge is 0.350 e. The first-order chi connectivity index (χ1) is 11.7. The Morgan fingerprint density at radius 1 is 1.16 bits per heavy atom. The Hall–Kier alpha value is -1.89. The van der Waals surface area contributed by atoms with E-state index in [0.29, 0.717) is 17.1 Å². The van der Waals surface area contributed by atoms with Crippen LogP contribution in [0, 0.1) is 0 Å². The molecular formula is C18H21ClN2O3S. The van der Waals surface area contributed by atoms with Crippen molar-refractivity contribution in [3.63, 3.8) is 0 Å². The number of nitrogens with zero attached hydrogens (tertiary/aromatic N) is 1. The number of carbonyl (C=O) groups is 1. The van der Waals surface area contributed by atoms with Gasteiger partial charge in [-0.2, -0.15) is 0 Å². The van der Waals surface area contributed by atoms with Gasteiger partial charge in [-0.1, -0.05) is 29.8 Å². The number of nitrogens with one attached hydrogen (secondary N) is 1. The van der Waals surface area contributed by atoms with E-state index in [1.165, 1.54) is 12.1 Å². The van der Waals surface area contributed by atoms with E-state index in [2.05, 4.69) is 5.32 Å². The molecule has 5 nitrogen and oxygen atoms in total. The summed E-state index contributed by atoms with van der Waals surface area (Å²) in [6.07, 6.45) is 1.12. The Morgan fingerprint density at radius 2 is 1.80 bits per heavy atom. The van der Waals surface area contributed by atoms with Crippen LogP contribution in [0.4, 0.5) is 0 Å². The van der Waals surface area contributed by atoms with E-state index in [1.807, 2.05) is 43.3 Å². The molecule has 0 spiro atoms. The minimum absolute atomic E-state index is 0.0284. The summed E-state index contributed by atoms with van der Waals surface area (Å²) < 4.78 is 23.3. The Kier molecular flexibility index (Phi) is 6.21. The zero-order chi connectivity index (χ0) is 18.6. The van der Waals surface area contributed by atoms with Gasteiger partial charge >= 0.3 is 0 Å². The molecule has 1 amide bonds. The van der Waals surface area contributed by atoms with E-state index in [9.17, 15) is 13.2 Å². The summed E-state index contributed by atoms with van der Waals surface area (Å²) in [7, 11) is 0.501. The van der Waals surface area contributed by atoms with Crippen LogP contribution in [-0.4, -0.2) is 46.1 Å². The normalized spacial score (nSPS) is 12.8. The fourth-order valence-electron chi connectivity index (χ4n) is 2.44. The summed E-state index contributed by atoms with van der Waals surface area (Å²) >= 11 is 5.92. The quantitative estimate of drug-likeness (QED) is 0.836. The van der Waals surface area contributed by atoms with Crippen molar-refractivity contribution in [1.82, 2.24) is 10.2 Å². The summed E-state index contributed by atoms with van der Waals surface area (Å²) in [5.41, 5.74) is 1.34. The smallest absolute Gasteiger partial charge is 0.251 e. The van der Waals surface area contributed by atoms with E-state index in [-0.39, 0.29) is 16.8 Å². The summed E-state index contributed by atoms with van der Waals surface area (Å²) in [6.45, 7) is 0.385. The fraction of sp³-hybridized carbons (Fsp3) is 0.278. The van der Waals surface area contributed by atoms with Gasteiger partial charge in [-0.05, 0) is 50.0 Å². The molecule has 134 valence electrons. The lowest BCUT2D eigenvalue weighted by molar-refractivity contribution is 0.0941. The first kappa shape index (κ1) is 19.4. The van der Waals surface area contributed by atoms with Crippen molar-refractivity contribution >= 4 is 27.3 Å². The maximum absolute atomic E-state index is 12.4. The first-order valence-corrected chi connectivity index (χ1v) is 9.95. The molecule has 0 radical (unpaired) electrons. The number of likely N-dealkylation sites (N-methyl/N-ethyl adjacent to an activating group) is 1. The van der Waals surface area contributed by atoms with Crippen LogP contribution in [0.5, 0.6) is 0 Å². The highest BCUT2D eigenvalue weighted by atomic mass is 35.5. The van der Waals surface area contributed by atoms with E-state index in [4.69, 9.17) is 11.6 Å². The average Bonchev–Trinajstić information content (AvgIpc) is 2.55. The molecule has 0 bridgehead atoms. The Balaban J connectivity index is 2.13. The lowest BCUT2D eigenvalue weighted by Crippen LogP contribution is -2.34. The van der Waals surface area contributed by atoms with Crippen LogP contribution >= 0.6 is 11.6 Å². The monoisotopic (exact) mass is 380 g/mol. The third-order valence-corrected chi connectivity index (χ3v) is 5.22. The van der Waals surface area contributed by atoms with Crippen LogP contribution in [0.15, 0.2) is 53.4 Å². The summed E-state index contributed by atoms with van der Waals surface area (Å²) in [5.74, 6) is -0.314. The van der Waals surface area contributed by atoms with Crippen LogP contribution in [0.2, 0.25) is 5.02 Å². The molecule has 0 saturated heterocycles. The molecule has 1 N–H and O–H groups in total. The highest BCUT2D eigenvalue weighted by Gasteiger charge is 2.17. The maximum atomic E-state index is 12.4. The average molecular weight is 381 g/mol. The zero-order valence-electron chi connectivity index (χ0n) is 14.4. The van der Waals surface area contributed by atoms with Crippen molar-refractivity contribution in [2.45, 2.75) is 10.9 Å². The number of halogens is 1. The number of hydrogen-bond acceptors (Lipinski definition) is 4. The summed E-state index contributed by atoms with van der Waals surface area (Å²) in [6, 6.07) is 13.5. The number of hydrogen-bond donors (Lipinski definition) is 1. The molecule has 0 aliphatic carbocycles. The minimum Gasteiger partial charge on any atom is -0.350 e. The van der Waals surface area contributed by atoms with Crippen molar-refractivity contribution in [3.05, 3.63) is 64.7 Å². The molecular weight excluding hydrogens is 360 g/mol. The molecule has 1 atom stereocenters. The van der Waals surface area contributed by atoms with Gasteiger partial charge in [0.2, 0.25) is 0 Å². The lowest BCUT2D eigenvalue weighted by Gasteiger charge is -2.25. The minimum atomic E-state index is -3.35. The van der Waals surface area contributed by atoms with Gasteiger partial charge in [-0.25, -0.2) is 8.42 Å². The van der Waals surface area contributed by atoms with Gasteiger partial charge in [0.05, 0.1) is 10.9 Å². The van der Waals surface area contributed by atoms with Crippen LogP contribution in [0.1, 0.15) is 22.0 Å². The number of sulfone groups is 1. The molecule has 25 heavy (non-hydrogen) atoms. The van der Waals surface area contributed by atoms with E-state index >= 15 is 0 Å². The van der Waals surface area contributed by atoms with Gasteiger partial charge in [-0.15, -0.1) is 0 Å². The lowest BCUT2D eigenvalue weighted by atomic mass is 10.1. The Labute approximate surface area is 153 Å². The fourth-order valence-corrected chi connectivity index (χ4v) is 3.24. The van der Waals surface area contributed by atoms with E-state index < -0.39 is 9.84 Å². The first-order valence-electron chi connectivity index (χ1n) is 7.68. The second kappa shape index (κ2) is 7.99. The Bertz CT molecular complexity index is 849. The molecule has 2 aromatic rings. The van der Waals surface area contributed by atoms with Gasteiger partial charge in [0, 0.05) is 23.4 Å². The van der Waals surface area contributed by atoms with Crippen LogP contribution in [0.3, 0.4) is 0 Å². The third kappa shape index (κ3) is 5.29. The van der Waals surface area contributed by atoms with Crippen LogP contribution < -0.4 is 5.32 Å². The molecule has 0 aliphatic heterocycles. The number of benzene rings is 2. The van der Waals surface area contributed by atoms with Crippen molar-refractivity contribution in [2.75, 3.05) is 26.9 Å². The van der Waals surface area contributed by atoms with E-state index in [0.717, 1.165) is 11.8 Å². The zero-order valence-corrected chi connectivity index (χ0v) is 15.9. The van der Waals surface area contributed by atoms with Crippen molar-refractivity contribution in [3.8, 4) is 0 Å². The van der Waals surface area contributed by atoms with Crippen molar-refractivity contribution in [1.29, 1.82) is 0 Å². The molecule has 0 aromatic heterocycles. The van der Waals surface area contributed by atoms with Gasteiger partial charge in [0.1, 0.15) is 0 Å². The van der Waals surface area contributed by atoms with Gasteiger partial charge in [0.25, 0.3) is 5.91 Å². The standard InChI is InChI=1S/C18H21ClN2O3S/c1-21(2)17(13-7-9-15(19)10-8-13)12-20-18(22)14-5-4-6-16(11-14)25(3,23)24/h4-11,17H,12H2,1-3H3,(H,20,22). The maximum Gasteiger partial charge on any atom is 0.251 e. The molecule has 0 saturated carbocycles. The predicted octanol–water partition coefficient (Wildman–Crippen LogP) is 2.78. The van der Waals surface area contributed by atoms with Crippen LogP contribution in [-0.2, 0) is 9.84 Å². The number of amides is 1. The molecule has 0 aliphatic rings. The molecule has 0 fully saturated rings. The highest BCUT2D eigenvalue weighted by molar-refractivity contribution is 7.90. The van der Waals surface area contributed by atoms with E-state index in [1.54, 1.807) is 12.1 Å². The SMILES string of the molecule is CN(C)C(CNC(=O)c1cccc(S(C)(=O)=O)c1)c1ccc(Cl)cc1. The van der Waals surface area contributed by atoms with Gasteiger partial charge < -0.3 is 10.2 Å². The Morgan fingerprint density at radius 3 is 2.36 bits per heavy atom. The summed E-state index contributed by atoms with van der Waals surface area (Å²) in [4.78, 5) is 14.5.